The van der Waals surface area contributed by atoms with Gasteiger partial charge in [-0.05, 0) is 24.5 Å². The van der Waals surface area contributed by atoms with E-state index in [-0.39, 0.29) is 6.42 Å². The minimum atomic E-state index is -1.07. The lowest BCUT2D eigenvalue weighted by atomic mass is 10.0. The first kappa shape index (κ1) is 12.1. The minimum Gasteiger partial charge on any atom is -0.480 e. The number of carbonyl (C=O) groups is 2. The zero-order chi connectivity index (χ0) is 12.1. The second-order valence-electron chi connectivity index (χ2n) is 3.38. The van der Waals surface area contributed by atoms with Crippen LogP contribution in [0.2, 0.25) is 0 Å². The van der Waals surface area contributed by atoms with Gasteiger partial charge in [0.05, 0.1) is 0 Å². The molecule has 0 spiro atoms. The third kappa shape index (κ3) is 3.03. The Labute approximate surface area is 92.3 Å². The monoisotopic (exact) mass is 223 g/mol. The largest absolute Gasteiger partial charge is 0.480 e. The molecule has 6 nitrogen and oxygen atoms in total. The number of aryl methyl sites for hydroxylation is 1. The molecule has 86 valence electrons. The summed E-state index contributed by atoms with van der Waals surface area (Å²) in [5.41, 5.74) is 11.5. The molecule has 0 saturated carbocycles. The van der Waals surface area contributed by atoms with Gasteiger partial charge in [-0.1, -0.05) is 0 Å². The molecule has 1 aromatic rings. The molecule has 0 aliphatic carbocycles. The van der Waals surface area contributed by atoms with Crippen LogP contribution in [0.1, 0.15) is 22.3 Å². The van der Waals surface area contributed by atoms with Crippen molar-refractivity contribution in [2.24, 2.45) is 11.5 Å². The van der Waals surface area contributed by atoms with E-state index < -0.39 is 17.9 Å². The van der Waals surface area contributed by atoms with E-state index in [4.69, 9.17) is 16.6 Å². The lowest BCUT2D eigenvalue weighted by Gasteiger charge is -2.08. The van der Waals surface area contributed by atoms with Crippen molar-refractivity contribution in [1.82, 2.24) is 4.98 Å². The summed E-state index contributed by atoms with van der Waals surface area (Å²) < 4.78 is 0. The van der Waals surface area contributed by atoms with Crippen molar-refractivity contribution in [3.63, 3.8) is 0 Å². The molecule has 0 bridgehead atoms. The fourth-order valence-corrected chi connectivity index (χ4v) is 1.30. The summed E-state index contributed by atoms with van der Waals surface area (Å²) in [4.78, 5) is 25.4. The van der Waals surface area contributed by atoms with Gasteiger partial charge < -0.3 is 16.6 Å². The summed E-state index contributed by atoms with van der Waals surface area (Å²) in [7, 11) is 0. The first-order valence-corrected chi connectivity index (χ1v) is 4.73. The molecular formula is C10H13N3O3. The first-order valence-electron chi connectivity index (χ1n) is 4.73. The van der Waals surface area contributed by atoms with E-state index in [1.165, 1.54) is 18.5 Å². The van der Waals surface area contributed by atoms with Crippen LogP contribution < -0.4 is 11.5 Å². The van der Waals surface area contributed by atoms with Crippen molar-refractivity contribution in [1.29, 1.82) is 0 Å². The van der Waals surface area contributed by atoms with Gasteiger partial charge in [0.2, 0.25) is 5.91 Å². The smallest absolute Gasteiger partial charge is 0.320 e. The molecule has 0 aliphatic rings. The van der Waals surface area contributed by atoms with Gasteiger partial charge >= 0.3 is 5.97 Å². The summed E-state index contributed by atoms with van der Waals surface area (Å²) in [6.07, 6.45) is 3.55. The van der Waals surface area contributed by atoms with Crippen LogP contribution in [0, 0.1) is 0 Å². The van der Waals surface area contributed by atoms with Crippen LogP contribution in [0.25, 0.3) is 0 Å². The molecule has 1 rings (SSSR count). The van der Waals surface area contributed by atoms with Gasteiger partial charge in [0, 0.05) is 18.0 Å². The van der Waals surface area contributed by atoms with Crippen LogP contribution in [0.15, 0.2) is 18.5 Å². The van der Waals surface area contributed by atoms with Crippen molar-refractivity contribution in [2.75, 3.05) is 0 Å². The Kier molecular flexibility index (Phi) is 3.96. The molecule has 6 heteroatoms. The molecule has 0 unspecified atom stereocenters. The number of hydrogen-bond acceptors (Lipinski definition) is 4. The summed E-state index contributed by atoms with van der Waals surface area (Å²) >= 11 is 0. The number of primary amides is 1. The zero-order valence-corrected chi connectivity index (χ0v) is 8.59. The molecule has 0 radical (unpaired) electrons. The van der Waals surface area contributed by atoms with Gasteiger partial charge in [-0.15, -0.1) is 0 Å². The molecule has 0 aromatic carbocycles. The van der Waals surface area contributed by atoms with Crippen LogP contribution >= 0.6 is 0 Å². The average Bonchev–Trinajstić information content (AvgIpc) is 2.25. The maximum absolute atomic E-state index is 11.0. The molecule has 1 atom stereocenters. The Balaban J connectivity index is 2.74. The van der Waals surface area contributed by atoms with Crippen molar-refractivity contribution < 1.29 is 14.7 Å². The zero-order valence-electron chi connectivity index (χ0n) is 8.59. The molecule has 16 heavy (non-hydrogen) atoms. The Morgan fingerprint density at radius 3 is 2.75 bits per heavy atom. The Morgan fingerprint density at radius 1 is 1.50 bits per heavy atom. The number of pyridine rings is 1. The van der Waals surface area contributed by atoms with Gasteiger partial charge in [0.25, 0.3) is 0 Å². The highest BCUT2D eigenvalue weighted by atomic mass is 16.4. The van der Waals surface area contributed by atoms with Crippen LogP contribution in [-0.4, -0.2) is 28.0 Å². The lowest BCUT2D eigenvalue weighted by Crippen LogP contribution is -2.30. The number of nitrogens with zero attached hydrogens (tertiary/aromatic N) is 1. The standard InChI is InChI=1S/C10H13N3O3/c11-8(10(15)16)2-1-6-5-13-4-3-7(6)9(12)14/h3-5,8H,1-2,11H2,(H2,12,14)(H,15,16)/t8-/m0/s1. The first-order chi connectivity index (χ1) is 7.52. The van der Waals surface area contributed by atoms with E-state index in [1.54, 1.807) is 0 Å². The number of aliphatic carboxylic acids is 1. The normalized spacial score (nSPS) is 12.1. The SMILES string of the molecule is NC(=O)c1ccncc1CC[C@H](N)C(=O)O. The van der Waals surface area contributed by atoms with Crippen LogP contribution in [0.3, 0.4) is 0 Å². The molecule has 0 saturated heterocycles. The second kappa shape index (κ2) is 5.22. The lowest BCUT2D eigenvalue weighted by molar-refractivity contribution is -0.138. The van der Waals surface area contributed by atoms with E-state index in [9.17, 15) is 9.59 Å². The van der Waals surface area contributed by atoms with Gasteiger partial charge in [-0.3, -0.25) is 14.6 Å². The fraction of sp³-hybridized carbons (Fsp3) is 0.300. The average molecular weight is 223 g/mol. The number of hydrogen-bond donors (Lipinski definition) is 3. The molecular weight excluding hydrogens is 210 g/mol. The fourth-order valence-electron chi connectivity index (χ4n) is 1.30. The van der Waals surface area contributed by atoms with Crippen molar-refractivity contribution >= 4 is 11.9 Å². The maximum atomic E-state index is 11.0. The van der Waals surface area contributed by atoms with E-state index in [0.29, 0.717) is 17.5 Å². The van der Waals surface area contributed by atoms with Gasteiger partial charge in [-0.25, -0.2) is 0 Å². The molecule has 0 aliphatic heterocycles. The minimum absolute atomic E-state index is 0.237. The Morgan fingerprint density at radius 2 is 2.19 bits per heavy atom. The number of amides is 1. The summed E-state index contributed by atoms with van der Waals surface area (Å²) in [5, 5.41) is 8.61. The number of rotatable bonds is 5. The van der Waals surface area contributed by atoms with Crippen molar-refractivity contribution in [3.05, 3.63) is 29.6 Å². The summed E-state index contributed by atoms with van der Waals surface area (Å²) in [6, 6.07) is 0.560. The van der Waals surface area contributed by atoms with E-state index in [1.807, 2.05) is 0 Å². The Bertz CT molecular complexity index is 406. The third-order valence-corrected chi connectivity index (χ3v) is 2.21. The topological polar surface area (TPSA) is 119 Å². The van der Waals surface area contributed by atoms with E-state index >= 15 is 0 Å². The molecule has 5 N–H and O–H groups in total. The quantitative estimate of drug-likeness (QED) is 0.623. The predicted octanol–water partition coefficient (Wildman–Crippen LogP) is -0.475. The number of carboxylic acids is 1. The number of carbonyl (C=O) groups excluding carboxylic acids is 1. The summed E-state index contributed by atoms with van der Waals surface area (Å²) in [6.45, 7) is 0. The van der Waals surface area contributed by atoms with Gasteiger partial charge in [-0.2, -0.15) is 0 Å². The van der Waals surface area contributed by atoms with E-state index in [0.717, 1.165) is 0 Å². The molecule has 1 amide bonds. The summed E-state index contributed by atoms with van der Waals surface area (Å²) in [5.74, 6) is -1.62. The third-order valence-electron chi connectivity index (χ3n) is 2.21. The van der Waals surface area contributed by atoms with E-state index in [2.05, 4.69) is 4.98 Å². The highest BCUT2D eigenvalue weighted by Crippen LogP contribution is 2.09. The predicted molar refractivity (Wildman–Crippen MR) is 56.7 cm³/mol. The van der Waals surface area contributed by atoms with Gasteiger partial charge in [0.15, 0.2) is 0 Å². The van der Waals surface area contributed by atoms with Crippen LogP contribution in [0.5, 0.6) is 0 Å². The second-order valence-corrected chi connectivity index (χ2v) is 3.38. The Hall–Kier alpha value is -1.95. The highest BCUT2D eigenvalue weighted by Gasteiger charge is 2.13. The van der Waals surface area contributed by atoms with Crippen molar-refractivity contribution in [3.8, 4) is 0 Å². The maximum Gasteiger partial charge on any atom is 0.320 e. The number of aromatic nitrogens is 1. The number of carboxylic acid groups (broad SMARTS) is 1. The molecule has 1 heterocycles. The molecule has 1 aromatic heterocycles. The molecule has 0 fully saturated rings. The van der Waals surface area contributed by atoms with Crippen LogP contribution in [0.4, 0.5) is 0 Å². The van der Waals surface area contributed by atoms with Crippen LogP contribution in [-0.2, 0) is 11.2 Å². The van der Waals surface area contributed by atoms with Gasteiger partial charge in [0.1, 0.15) is 6.04 Å². The number of nitrogens with two attached hydrogens (primary N) is 2. The highest BCUT2D eigenvalue weighted by molar-refractivity contribution is 5.94. The van der Waals surface area contributed by atoms with Crippen molar-refractivity contribution in [2.45, 2.75) is 18.9 Å².